The molecule has 7 nitrogen and oxygen atoms in total. The van der Waals surface area contributed by atoms with Crippen molar-refractivity contribution in [3.05, 3.63) is 58.1 Å². The van der Waals surface area contributed by atoms with E-state index in [-0.39, 0.29) is 22.3 Å². The van der Waals surface area contributed by atoms with Gasteiger partial charge in [-0.15, -0.1) is 13.2 Å². The van der Waals surface area contributed by atoms with Crippen LogP contribution in [0.2, 0.25) is 10.0 Å². The number of amides is 1. The number of carbonyl (C=O) groups is 1. The summed E-state index contributed by atoms with van der Waals surface area (Å²) in [5.41, 5.74) is -0.303. The van der Waals surface area contributed by atoms with E-state index in [1.54, 1.807) is 20.8 Å². The molecule has 0 fully saturated rings. The van der Waals surface area contributed by atoms with E-state index in [2.05, 4.69) is 10.1 Å². The maximum Gasteiger partial charge on any atom is 0.573 e. The van der Waals surface area contributed by atoms with Crippen molar-refractivity contribution >= 4 is 46.2 Å². The lowest BCUT2D eigenvalue weighted by molar-refractivity contribution is -0.274. The topological polar surface area (TPSA) is 88.1 Å². The van der Waals surface area contributed by atoms with Gasteiger partial charge in [-0.25, -0.2) is 9.00 Å². The van der Waals surface area contributed by atoms with Crippen molar-refractivity contribution < 1.29 is 36.2 Å². The van der Waals surface area contributed by atoms with Gasteiger partial charge in [0.25, 0.3) is 11.3 Å². The summed E-state index contributed by atoms with van der Waals surface area (Å²) in [4.78, 5) is 12.2. The van der Waals surface area contributed by atoms with Crippen LogP contribution >= 0.6 is 23.2 Å². The number of ether oxygens (including phenoxy) is 2. The molecule has 2 atom stereocenters. The van der Waals surface area contributed by atoms with E-state index in [4.69, 9.17) is 27.9 Å². The minimum atomic E-state index is -4.89. The van der Waals surface area contributed by atoms with Gasteiger partial charge < -0.3 is 14.8 Å². The monoisotopic (exact) mass is 528 g/mol. The highest BCUT2D eigenvalue weighted by Crippen LogP contribution is 2.33. The molecular formula is C20H21Cl2F3N2O5S. The Morgan fingerprint density at radius 1 is 1.12 bits per heavy atom. The van der Waals surface area contributed by atoms with Crippen LogP contribution in [0, 0.1) is 0 Å². The van der Waals surface area contributed by atoms with Crippen molar-refractivity contribution in [2.75, 3.05) is 10.8 Å². The second-order valence-electron chi connectivity index (χ2n) is 7.67. The summed E-state index contributed by atoms with van der Waals surface area (Å²) in [6.07, 6.45) is -5.66. The summed E-state index contributed by atoms with van der Waals surface area (Å²) < 4.78 is 69.6. The number of hydrogen-bond acceptors (Lipinski definition) is 4. The number of anilines is 1. The van der Waals surface area contributed by atoms with Crippen LogP contribution in [-0.2, 0) is 16.0 Å². The second kappa shape index (κ2) is 10.8. The van der Waals surface area contributed by atoms with Crippen LogP contribution in [0.5, 0.6) is 5.75 Å². The van der Waals surface area contributed by atoms with Gasteiger partial charge in [0.1, 0.15) is 11.4 Å². The van der Waals surface area contributed by atoms with E-state index in [1.807, 2.05) is 0 Å². The number of hydrogen-bond donors (Lipinski definition) is 2. The first-order valence-corrected chi connectivity index (χ1v) is 11.2. The molecule has 13 heteroatoms. The van der Waals surface area contributed by atoms with Crippen molar-refractivity contribution in [3.63, 3.8) is 0 Å². The summed E-state index contributed by atoms with van der Waals surface area (Å²) in [5, 5.41) is 2.92. The fourth-order valence-electron chi connectivity index (χ4n) is 2.72. The number of nitrogens with one attached hydrogen (secondary N) is 1. The minimum absolute atomic E-state index is 0.0763. The largest absolute Gasteiger partial charge is 0.573 e. The number of benzene rings is 2. The van der Waals surface area contributed by atoms with Gasteiger partial charge in [0.2, 0.25) is 0 Å². The predicted molar refractivity (Wildman–Crippen MR) is 120 cm³/mol. The van der Waals surface area contributed by atoms with E-state index in [1.165, 1.54) is 30.3 Å². The van der Waals surface area contributed by atoms with Crippen molar-refractivity contribution in [1.29, 1.82) is 0 Å². The molecule has 1 amide bonds. The zero-order chi connectivity index (χ0) is 25.0. The first-order chi connectivity index (χ1) is 15.2. The van der Waals surface area contributed by atoms with E-state index < -0.39 is 41.1 Å². The third kappa shape index (κ3) is 8.58. The van der Waals surface area contributed by atoms with Crippen LogP contribution in [0.15, 0.2) is 42.5 Å². The Labute approximate surface area is 201 Å². The number of halogens is 5. The lowest BCUT2D eigenvalue weighted by Gasteiger charge is -2.31. The fraction of sp³-hybridized carbons (Fsp3) is 0.350. The first kappa shape index (κ1) is 27.0. The van der Waals surface area contributed by atoms with E-state index in [0.29, 0.717) is 5.56 Å². The highest BCUT2D eigenvalue weighted by atomic mass is 35.5. The van der Waals surface area contributed by atoms with Crippen molar-refractivity contribution in [3.8, 4) is 5.75 Å². The summed E-state index contributed by atoms with van der Waals surface area (Å²) in [6.45, 7) is 4.80. The first-order valence-electron chi connectivity index (χ1n) is 9.34. The van der Waals surface area contributed by atoms with Crippen LogP contribution in [0.3, 0.4) is 0 Å². The van der Waals surface area contributed by atoms with Crippen molar-refractivity contribution in [2.45, 2.75) is 38.8 Å². The number of alkyl halides is 3. The standard InChI is InChI=1S/C20H21Cl2F3N2O5S/c1-19(2,3)32-18(28)26-11-17(12-4-9-15(21)16(22)10-12)27(33(29)30)13-5-7-14(8-6-13)31-20(23,24)25/h4-10,17H,11H2,1-3H3,(H,26,28)(H,29,30). The minimum Gasteiger partial charge on any atom is -0.444 e. The molecule has 2 unspecified atom stereocenters. The third-order valence-corrected chi connectivity index (χ3v) is 5.48. The maximum absolute atomic E-state index is 12.4. The van der Waals surface area contributed by atoms with Crippen LogP contribution in [0.1, 0.15) is 32.4 Å². The molecule has 0 radical (unpaired) electrons. The molecule has 0 heterocycles. The highest BCUT2D eigenvalue weighted by molar-refractivity contribution is 7.80. The lowest BCUT2D eigenvalue weighted by atomic mass is 10.1. The van der Waals surface area contributed by atoms with Gasteiger partial charge in [-0.1, -0.05) is 29.3 Å². The van der Waals surface area contributed by atoms with Crippen LogP contribution in [0.4, 0.5) is 23.7 Å². The molecule has 0 saturated carbocycles. The van der Waals surface area contributed by atoms with Crippen molar-refractivity contribution in [1.82, 2.24) is 5.32 Å². The normalized spacial score (nSPS) is 13.7. The van der Waals surface area contributed by atoms with Crippen LogP contribution in [0.25, 0.3) is 0 Å². The lowest BCUT2D eigenvalue weighted by Crippen LogP contribution is -2.41. The van der Waals surface area contributed by atoms with Gasteiger partial charge >= 0.3 is 12.5 Å². The van der Waals surface area contributed by atoms with Gasteiger partial charge in [0.15, 0.2) is 0 Å². The Bertz CT molecular complexity index is 1000. The van der Waals surface area contributed by atoms with Gasteiger partial charge in [-0.3, -0.25) is 8.86 Å². The van der Waals surface area contributed by atoms with Gasteiger partial charge in [-0.05, 0) is 62.7 Å². The Morgan fingerprint density at radius 2 is 1.73 bits per heavy atom. The summed E-state index contributed by atoms with van der Waals surface area (Å²) in [6, 6.07) is 7.82. The van der Waals surface area contributed by atoms with Gasteiger partial charge in [-0.2, -0.15) is 0 Å². The molecule has 2 aromatic rings. The number of nitrogens with zero attached hydrogens (tertiary/aromatic N) is 1. The molecule has 0 spiro atoms. The molecule has 0 aromatic heterocycles. The van der Waals surface area contributed by atoms with Crippen molar-refractivity contribution in [2.24, 2.45) is 0 Å². The molecule has 2 rings (SSSR count). The van der Waals surface area contributed by atoms with E-state index >= 15 is 0 Å². The molecule has 182 valence electrons. The SMILES string of the molecule is CC(C)(C)OC(=O)NCC(c1ccc(Cl)c(Cl)c1)N(c1ccc(OC(F)(F)F)cc1)S(=O)O. The number of alkyl carbamates (subject to hydrolysis) is 1. The van der Waals surface area contributed by atoms with E-state index in [9.17, 15) is 26.7 Å². The van der Waals surface area contributed by atoms with Gasteiger partial charge in [0, 0.05) is 6.54 Å². The zero-order valence-corrected chi connectivity index (χ0v) is 20.0. The molecular weight excluding hydrogens is 508 g/mol. The summed E-state index contributed by atoms with van der Waals surface area (Å²) in [5.74, 6) is -0.507. The Kier molecular flexibility index (Phi) is 8.86. The smallest absolute Gasteiger partial charge is 0.444 e. The Hall–Kier alpha value is -2.21. The molecule has 2 aromatic carbocycles. The van der Waals surface area contributed by atoms with Crippen LogP contribution in [-0.4, -0.2) is 33.4 Å². The van der Waals surface area contributed by atoms with E-state index in [0.717, 1.165) is 16.4 Å². The molecule has 0 bridgehead atoms. The van der Waals surface area contributed by atoms with Gasteiger partial charge in [0.05, 0.1) is 21.8 Å². The third-order valence-electron chi connectivity index (χ3n) is 3.94. The Balaban J connectivity index is 2.41. The quantitative estimate of drug-likeness (QED) is 0.424. The highest BCUT2D eigenvalue weighted by Gasteiger charge is 2.32. The molecule has 33 heavy (non-hydrogen) atoms. The fourth-order valence-corrected chi connectivity index (χ4v) is 3.75. The second-order valence-corrected chi connectivity index (χ2v) is 9.34. The molecule has 0 aliphatic carbocycles. The molecule has 2 N–H and O–H groups in total. The Morgan fingerprint density at radius 3 is 2.21 bits per heavy atom. The van der Waals surface area contributed by atoms with Crippen LogP contribution < -0.4 is 14.4 Å². The average molecular weight is 529 g/mol. The summed E-state index contributed by atoms with van der Waals surface area (Å²) in [7, 11) is 0. The zero-order valence-electron chi connectivity index (χ0n) is 17.7. The number of carbonyl (C=O) groups excluding carboxylic acids is 1. The average Bonchev–Trinajstić information content (AvgIpc) is 2.65. The predicted octanol–water partition coefficient (Wildman–Crippen LogP) is 6.10. The molecule has 0 aliphatic heterocycles. The molecule has 0 saturated heterocycles. The number of rotatable bonds is 7. The summed E-state index contributed by atoms with van der Waals surface area (Å²) >= 11 is 9.41. The maximum atomic E-state index is 12.4. The molecule has 0 aliphatic rings.